The molecule has 7 heteroatoms. The summed E-state index contributed by atoms with van der Waals surface area (Å²) in [4.78, 5) is 23.3. The van der Waals surface area contributed by atoms with E-state index < -0.39 is 17.7 Å². The number of nitrogens with one attached hydrogen (secondary N) is 1. The van der Waals surface area contributed by atoms with Gasteiger partial charge in [-0.1, -0.05) is 26.8 Å². The van der Waals surface area contributed by atoms with E-state index in [4.69, 9.17) is 19.3 Å². The van der Waals surface area contributed by atoms with Gasteiger partial charge in [0.25, 0.3) is 0 Å². The molecule has 1 amide bonds. The second-order valence-corrected chi connectivity index (χ2v) is 9.52. The Kier molecular flexibility index (Phi) is 12.3. The summed E-state index contributed by atoms with van der Waals surface area (Å²) in [5, 5.41) is 11.7. The summed E-state index contributed by atoms with van der Waals surface area (Å²) in [6.07, 6.45) is 3.27. The highest BCUT2D eigenvalue weighted by Crippen LogP contribution is 2.38. The van der Waals surface area contributed by atoms with Crippen LogP contribution in [0.4, 0.5) is 4.79 Å². The maximum atomic E-state index is 12.0. The van der Waals surface area contributed by atoms with Crippen LogP contribution in [0.5, 0.6) is 0 Å². The minimum Gasteiger partial charge on any atom is -0.462 e. The number of amides is 1. The number of rotatable bonds is 15. The van der Waals surface area contributed by atoms with E-state index in [1.165, 1.54) is 0 Å². The molecule has 2 N–H and O–H groups in total. The molecular formula is C23H43NO6. The lowest BCUT2D eigenvalue weighted by Gasteiger charge is -2.42. The Hall–Kier alpha value is -1.60. The average molecular weight is 430 g/mol. The van der Waals surface area contributed by atoms with Crippen molar-refractivity contribution in [3.63, 3.8) is 0 Å². The van der Waals surface area contributed by atoms with Gasteiger partial charge in [-0.15, -0.1) is 0 Å². The van der Waals surface area contributed by atoms with E-state index in [0.717, 1.165) is 19.3 Å². The molecule has 0 radical (unpaired) electrons. The first-order valence-electron chi connectivity index (χ1n) is 10.8. The van der Waals surface area contributed by atoms with Crippen LogP contribution in [0.15, 0.2) is 12.2 Å². The fraction of sp³-hybridized carbons (Fsp3) is 0.826. The third-order valence-electron chi connectivity index (χ3n) is 5.55. The summed E-state index contributed by atoms with van der Waals surface area (Å²) >= 11 is 0. The number of hydrogen-bond acceptors (Lipinski definition) is 6. The monoisotopic (exact) mass is 429 g/mol. The van der Waals surface area contributed by atoms with Crippen LogP contribution >= 0.6 is 0 Å². The van der Waals surface area contributed by atoms with Crippen molar-refractivity contribution in [1.29, 1.82) is 0 Å². The van der Waals surface area contributed by atoms with Gasteiger partial charge in [0.15, 0.2) is 0 Å². The summed E-state index contributed by atoms with van der Waals surface area (Å²) in [5.74, 6) is -0.432. The lowest BCUT2D eigenvalue weighted by atomic mass is 9.73. The molecular weight excluding hydrogens is 386 g/mol. The summed E-state index contributed by atoms with van der Waals surface area (Å²) < 4.78 is 16.6. The van der Waals surface area contributed by atoms with Crippen molar-refractivity contribution in [3.05, 3.63) is 12.2 Å². The second kappa shape index (κ2) is 13.0. The molecule has 0 unspecified atom stereocenters. The highest BCUT2D eigenvalue weighted by molar-refractivity contribution is 5.86. The number of unbranched alkanes of at least 4 members (excludes halogenated alkanes) is 1. The minimum absolute atomic E-state index is 0.0435. The van der Waals surface area contributed by atoms with Gasteiger partial charge in [-0.2, -0.15) is 0 Å². The smallest absolute Gasteiger partial charge is 0.407 e. The lowest BCUT2D eigenvalue weighted by molar-refractivity contribution is -0.138. The van der Waals surface area contributed by atoms with Crippen LogP contribution in [0.1, 0.15) is 80.6 Å². The van der Waals surface area contributed by atoms with Gasteiger partial charge >= 0.3 is 12.1 Å². The standard InChI is InChI=1S/C23H43NO6/c1-18(2)19(26)28-16-11-14-24-20(27)30-22(5,6)13-17-29-23(7,8)21(3,4)12-9-10-15-25/h25H,1,9-17H2,2-8H3,(H,24,27). The van der Waals surface area contributed by atoms with Crippen molar-refractivity contribution in [2.45, 2.75) is 91.8 Å². The Morgan fingerprint density at radius 1 is 0.967 bits per heavy atom. The van der Waals surface area contributed by atoms with Gasteiger partial charge in [-0.05, 0) is 59.3 Å². The number of ether oxygens (including phenoxy) is 3. The van der Waals surface area contributed by atoms with Crippen LogP contribution in [0, 0.1) is 5.41 Å². The zero-order valence-electron chi connectivity index (χ0n) is 20.1. The maximum Gasteiger partial charge on any atom is 0.407 e. The number of carbonyl (C=O) groups excluding carboxylic acids is 2. The Bertz CT molecular complexity index is 554. The normalized spacial score (nSPS) is 12.4. The summed E-state index contributed by atoms with van der Waals surface area (Å²) in [5.41, 5.74) is -0.712. The Balaban J connectivity index is 4.25. The summed E-state index contributed by atoms with van der Waals surface area (Å²) in [6, 6.07) is 0. The zero-order chi connectivity index (χ0) is 23.4. The molecule has 0 aromatic carbocycles. The number of hydrogen-bond donors (Lipinski definition) is 2. The first kappa shape index (κ1) is 28.4. The van der Waals surface area contributed by atoms with Crippen LogP contribution in [-0.2, 0) is 19.0 Å². The highest BCUT2D eigenvalue weighted by atomic mass is 16.6. The molecule has 0 rings (SSSR count). The van der Waals surface area contributed by atoms with E-state index in [-0.39, 0.29) is 24.2 Å². The van der Waals surface area contributed by atoms with Gasteiger partial charge in [-0.25, -0.2) is 9.59 Å². The Morgan fingerprint density at radius 3 is 2.17 bits per heavy atom. The first-order valence-corrected chi connectivity index (χ1v) is 10.8. The molecule has 0 aliphatic heterocycles. The maximum absolute atomic E-state index is 12.0. The van der Waals surface area contributed by atoms with Gasteiger partial charge in [-0.3, -0.25) is 0 Å². The van der Waals surface area contributed by atoms with Crippen molar-refractivity contribution in [3.8, 4) is 0 Å². The van der Waals surface area contributed by atoms with E-state index in [1.54, 1.807) is 6.92 Å². The van der Waals surface area contributed by atoms with E-state index in [2.05, 4.69) is 39.6 Å². The largest absolute Gasteiger partial charge is 0.462 e. The highest BCUT2D eigenvalue weighted by Gasteiger charge is 2.37. The predicted octanol–water partition coefficient (Wildman–Crippen LogP) is 4.37. The van der Waals surface area contributed by atoms with Crippen LogP contribution in [0.25, 0.3) is 0 Å². The van der Waals surface area contributed by atoms with Gasteiger partial charge in [0.2, 0.25) is 0 Å². The number of esters is 1. The molecule has 0 saturated carbocycles. The number of alkyl carbamates (subject to hydrolysis) is 1. The second-order valence-electron chi connectivity index (χ2n) is 9.52. The van der Waals surface area contributed by atoms with Crippen LogP contribution in [0.2, 0.25) is 0 Å². The molecule has 0 aliphatic rings. The lowest BCUT2D eigenvalue weighted by Crippen LogP contribution is -2.43. The number of aliphatic hydroxyl groups is 1. The summed E-state index contributed by atoms with van der Waals surface area (Å²) in [6.45, 7) is 18.5. The van der Waals surface area contributed by atoms with Crippen LogP contribution < -0.4 is 5.32 Å². The minimum atomic E-state index is -0.673. The zero-order valence-corrected chi connectivity index (χ0v) is 20.1. The van der Waals surface area contributed by atoms with Gasteiger partial charge < -0.3 is 24.6 Å². The molecule has 0 atom stereocenters. The molecule has 0 bridgehead atoms. The Morgan fingerprint density at radius 2 is 1.60 bits per heavy atom. The first-order chi connectivity index (χ1) is 13.7. The number of carbonyl (C=O) groups is 2. The van der Waals surface area contributed by atoms with Crippen molar-refractivity contribution in [1.82, 2.24) is 5.32 Å². The number of aliphatic hydroxyl groups excluding tert-OH is 1. The fourth-order valence-corrected chi connectivity index (χ4v) is 2.62. The quantitative estimate of drug-likeness (QED) is 0.228. The third kappa shape index (κ3) is 11.6. The fourth-order valence-electron chi connectivity index (χ4n) is 2.62. The summed E-state index contributed by atoms with van der Waals surface area (Å²) in [7, 11) is 0. The molecule has 0 saturated heterocycles. The molecule has 0 aliphatic carbocycles. The van der Waals surface area contributed by atoms with Crippen molar-refractivity contribution in [2.75, 3.05) is 26.4 Å². The van der Waals surface area contributed by atoms with E-state index in [1.807, 2.05) is 13.8 Å². The van der Waals surface area contributed by atoms with Crippen molar-refractivity contribution >= 4 is 12.1 Å². The molecule has 0 fully saturated rings. The third-order valence-corrected chi connectivity index (χ3v) is 5.55. The molecule has 0 spiro atoms. The predicted molar refractivity (Wildman–Crippen MR) is 118 cm³/mol. The molecule has 0 aromatic rings. The molecule has 176 valence electrons. The topological polar surface area (TPSA) is 94.1 Å². The molecule has 7 nitrogen and oxygen atoms in total. The van der Waals surface area contributed by atoms with Gasteiger partial charge in [0, 0.05) is 25.1 Å². The Labute approximate surface area is 182 Å². The van der Waals surface area contributed by atoms with Gasteiger partial charge in [0.1, 0.15) is 5.60 Å². The average Bonchev–Trinajstić information content (AvgIpc) is 2.60. The molecule has 0 aromatic heterocycles. The molecule has 0 heterocycles. The SMILES string of the molecule is C=C(C)C(=O)OCCCNC(=O)OC(C)(C)CCOC(C)(C)C(C)(C)CCCCO. The van der Waals surface area contributed by atoms with Crippen LogP contribution in [-0.4, -0.2) is 54.7 Å². The van der Waals surface area contributed by atoms with E-state index >= 15 is 0 Å². The van der Waals surface area contributed by atoms with Crippen LogP contribution in [0.3, 0.4) is 0 Å². The van der Waals surface area contributed by atoms with E-state index in [9.17, 15) is 9.59 Å². The van der Waals surface area contributed by atoms with E-state index in [0.29, 0.717) is 31.6 Å². The van der Waals surface area contributed by atoms with Crippen molar-refractivity contribution in [2.24, 2.45) is 5.41 Å². The van der Waals surface area contributed by atoms with Crippen molar-refractivity contribution < 1.29 is 28.9 Å². The van der Waals surface area contributed by atoms with Gasteiger partial charge in [0.05, 0.1) is 18.8 Å². The molecule has 30 heavy (non-hydrogen) atoms.